The van der Waals surface area contributed by atoms with E-state index >= 15 is 0 Å². The monoisotopic (exact) mass is 159 g/mol. The van der Waals surface area contributed by atoms with Crippen LogP contribution in [0, 0.1) is 12.3 Å². The number of hydrogen-bond acceptors (Lipinski definition) is 2. The first-order chi connectivity index (χ1) is 5.24. The first-order valence-corrected chi connectivity index (χ1v) is 4.25. The minimum atomic E-state index is -0.252. The lowest BCUT2D eigenvalue weighted by atomic mass is 9.82. The van der Waals surface area contributed by atoms with E-state index in [1.807, 2.05) is 6.92 Å². The van der Waals surface area contributed by atoms with Gasteiger partial charge in [0.15, 0.2) is 0 Å². The van der Waals surface area contributed by atoms with E-state index in [0.29, 0.717) is 0 Å². The molecule has 0 saturated heterocycles. The number of unbranched alkanes of at least 4 members (excludes halogenated alkanes) is 1. The summed E-state index contributed by atoms with van der Waals surface area (Å²) in [6, 6.07) is 0. The van der Waals surface area contributed by atoms with Gasteiger partial charge in [0.2, 0.25) is 0 Å². The Morgan fingerprint density at radius 2 is 1.82 bits per heavy atom. The Balaban J connectivity index is 3.84. The third-order valence-electron chi connectivity index (χ3n) is 2.38. The third kappa shape index (κ3) is 3.12. The Morgan fingerprint density at radius 1 is 1.27 bits per heavy atom. The first kappa shape index (κ1) is 10.8. The van der Waals surface area contributed by atoms with Gasteiger partial charge in [-0.25, -0.2) is 0 Å². The molecule has 2 heteroatoms. The maximum Gasteiger partial charge on any atom is 0.0850 e. The van der Waals surface area contributed by atoms with Crippen LogP contribution in [0.1, 0.15) is 32.6 Å². The van der Waals surface area contributed by atoms with Gasteiger partial charge in [-0.2, -0.15) is 0 Å². The molecule has 66 valence electrons. The van der Waals surface area contributed by atoms with Crippen LogP contribution in [-0.2, 0) is 0 Å². The third-order valence-corrected chi connectivity index (χ3v) is 2.38. The largest absolute Gasteiger partial charge is 0.396 e. The molecule has 0 aromatic rings. The summed E-state index contributed by atoms with van der Waals surface area (Å²) >= 11 is 0. The second-order valence-corrected chi connectivity index (χ2v) is 3.13. The normalized spacial score (nSPS) is 11.9. The van der Waals surface area contributed by atoms with E-state index < -0.39 is 0 Å². The second kappa shape index (κ2) is 5.44. The van der Waals surface area contributed by atoms with Crippen molar-refractivity contribution < 1.29 is 10.2 Å². The van der Waals surface area contributed by atoms with E-state index in [9.17, 15) is 0 Å². The van der Waals surface area contributed by atoms with Crippen molar-refractivity contribution in [3.05, 3.63) is 6.92 Å². The molecule has 0 aliphatic rings. The van der Waals surface area contributed by atoms with E-state index in [4.69, 9.17) is 10.2 Å². The first-order valence-electron chi connectivity index (χ1n) is 4.25. The Morgan fingerprint density at radius 3 is 2.09 bits per heavy atom. The molecule has 0 amide bonds. The molecule has 0 unspecified atom stereocenters. The summed E-state index contributed by atoms with van der Waals surface area (Å²) in [7, 11) is 0. The molecule has 0 bridgehead atoms. The van der Waals surface area contributed by atoms with Gasteiger partial charge in [-0.15, -0.1) is 0 Å². The Bertz CT molecular complexity index is 79.3. The molecule has 2 N–H and O–H groups in total. The highest BCUT2D eigenvalue weighted by atomic mass is 16.3. The van der Waals surface area contributed by atoms with Gasteiger partial charge in [0.1, 0.15) is 0 Å². The maximum atomic E-state index is 9.02. The van der Waals surface area contributed by atoms with Crippen LogP contribution in [-0.4, -0.2) is 23.4 Å². The zero-order valence-corrected chi connectivity index (χ0v) is 7.34. The van der Waals surface area contributed by atoms with Crippen LogP contribution in [0.15, 0.2) is 0 Å². The highest BCUT2D eigenvalue weighted by Gasteiger charge is 2.25. The van der Waals surface area contributed by atoms with E-state index in [2.05, 4.69) is 6.92 Å². The molecule has 0 radical (unpaired) electrons. The van der Waals surface area contributed by atoms with Gasteiger partial charge in [-0.1, -0.05) is 6.92 Å². The molecule has 0 rings (SSSR count). The molecule has 11 heavy (non-hydrogen) atoms. The van der Waals surface area contributed by atoms with Crippen molar-refractivity contribution in [2.45, 2.75) is 32.6 Å². The predicted molar refractivity (Wildman–Crippen MR) is 46.1 cm³/mol. The summed E-state index contributed by atoms with van der Waals surface area (Å²) in [5.74, 6) is 0. The highest BCUT2D eigenvalue weighted by Crippen LogP contribution is 2.27. The van der Waals surface area contributed by atoms with E-state index in [0.717, 1.165) is 25.7 Å². The van der Waals surface area contributed by atoms with Crippen LogP contribution in [0.4, 0.5) is 0 Å². The second-order valence-electron chi connectivity index (χ2n) is 3.13. The fourth-order valence-corrected chi connectivity index (χ4v) is 1.11. The van der Waals surface area contributed by atoms with E-state index in [1.165, 1.54) is 0 Å². The fraction of sp³-hybridized carbons (Fsp3) is 0.889. The fourth-order valence-electron chi connectivity index (χ4n) is 1.11. The summed E-state index contributed by atoms with van der Waals surface area (Å²) in [5, 5.41) is 18.0. The Kier molecular flexibility index (Phi) is 5.34. The Hall–Kier alpha value is -0.210. The standard InChI is InChI=1S/C9H19O2/c1-3-5-6-9(4-2,7-10)8-11/h10-11H,1,3-8H2,2H3/q+1. The number of rotatable bonds is 6. The number of aliphatic hydroxyl groups excluding tert-OH is 2. The average molecular weight is 159 g/mol. The lowest BCUT2D eigenvalue weighted by molar-refractivity contribution is 0.0424. The molecular formula is C9H19O2+. The summed E-state index contributed by atoms with van der Waals surface area (Å²) in [5.41, 5.74) is -0.252. The van der Waals surface area contributed by atoms with Crippen LogP contribution in [0.25, 0.3) is 0 Å². The minimum absolute atomic E-state index is 0.0833. The maximum absolute atomic E-state index is 9.02. The molecule has 0 aliphatic carbocycles. The number of hydrogen-bond donors (Lipinski definition) is 2. The SMILES string of the molecule is [CH2+]CCCC(CC)(CO)CO. The van der Waals surface area contributed by atoms with Crippen LogP contribution in [0.5, 0.6) is 0 Å². The van der Waals surface area contributed by atoms with Crippen molar-refractivity contribution in [1.29, 1.82) is 0 Å². The van der Waals surface area contributed by atoms with Crippen molar-refractivity contribution in [2.75, 3.05) is 13.2 Å². The molecule has 0 aliphatic heterocycles. The van der Waals surface area contributed by atoms with Crippen molar-refractivity contribution in [3.8, 4) is 0 Å². The van der Waals surface area contributed by atoms with Crippen molar-refractivity contribution >= 4 is 0 Å². The molecular weight excluding hydrogens is 140 g/mol. The molecule has 0 atom stereocenters. The van der Waals surface area contributed by atoms with Crippen LogP contribution in [0.2, 0.25) is 0 Å². The lowest BCUT2D eigenvalue weighted by Gasteiger charge is -2.27. The van der Waals surface area contributed by atoms with Crippen LogP contribution >= 0.6 is 0 Å². The minimum Gasteiger partial charge on any atom is -0.396 e. The van der Waals surface area contributed by atoms with Gasteiger partial charge in [-0.05, 0) is 19.3 Å². The van der Waals surface area contributed by atoms with Crippen LogP contribution in [0.3, 0.4) is 0 Å². The molecule has 0 saturated carbocycles. The predicted octanol–water partition coefficient (Wildman–Crippen LogP) is 1.37. The van der Waals surface area contributed by atoms with Gasteiger partial charge in [0.25, 0.3) is 0 Å². The van der Waals surface area contributed by atoms with Gasteiger partial charge >= 0.3 is 0 Å². The van der Waals surface area contributed by atoms with Gasteiger partial charge < -0.3 is 10.2 Å². The van der Waals surface area contributed by atoms with E-state index in [1.54, 1.807) is 0 Å². The summed E-state index contributed by atoms with van der Waals surface area (Å²) < 4.78 is 0. The van der Waals surface area contributed by atoms with Crippen molar-refractivity contribution in [3.63, 3.8) is 0 Å². The van der Waals surface area contributed by atoms with Gasteiger partial charge in [0, 0.05) is 5.41 Å². The quantitative estimate of drug-likeness (QED) is 0.575. The molecule has 0 fully saturated rings. The molecule has 0 heterocycles. The summed E-state index contributed by atoms with van der Waals surface area (Å²) in [6.07, 6.45) is 3.57. The van der Waals surface area contributed by atoms with Crippen molar-refractivity contribution in [2.24, 2.45) is 5.41 Å². The molecule has 0 spiro atoms. The van der Waals surface area contributed by atoms with Crippen molar-refractivity contribution in [1.82, 2.24) is 0 Å². The number of aliphatic hydroxyl groups is 2. The average Bonchev–Trinajstić information content (AvgIpc) is 2.08. The molecule has 2 nitrogen and oxygen atoms in total. The lowest BCUT2D eigenvalue weighted by Crippen LogP contribution is -2.28. The van der Waals surface area contributed by atoms with Gasteiger partial charge in [0.05, 0.1) is 26.6 Å². The van der Waals surface area contributed by atoms with Gasteiger partial charge in [-0.3, -0.25) is 0 Å². The summed E-state index contributed by atoms with van der Waals surface area (Å²) in [4.78, 5) is 0. The smallest absolute Gasteiger partial charge is 0.0850 e. The topological polar surface area (TPSA) is 40.5 Å². The zero-order valence-electron chi connectivity index (χ0n) is 7.34. The Labute approximate surface area is 69.2 Å². The molecule has 0 aromatic carbocycles. The highest BCUT2D eigenvalue weighted by molar-refractivity contribution is 4.75. The zero-order chi connectivity index (χ0) is 8.74. The molecule has 0 aromatic heterocycles. The van der Waals surface area contributed by atoms with Crippen LogP contribution < -0.4 is 0 Å². The van der Waals surface area contributed by atoms with E-state index in [-0.39, 0.29) is 18.6 Å². The summed E-state index contributed by atoms with van der Waals surface area (Å²) in [6.45, 7) is 5.89.